The molecule has 0 bridgehead atoms. The first-order valence-electron chi connectivity index (χ1n) is 6.55. The van der Waals surface area contributed by atoms with E-state index in [0.717, 1.165) is 19.3 Å². The lowest BCUT2D eigenvalue weighted by Crippen LogP contribution is -2.51. The molecule has 1 heterocycles. The van der Waals surface area contributed by atoms with Crippen LogP contribution in [-0.4, -0.2) is 41.1 Å². The minimum Gasteiger partial charge on any atom is -0.405 e. The highest BCUT2D eigenvalue weighted by molar-refractivity contribution is 5.83. The van der Waals surface area contributed by atoms with Crippen LogP contribution in [0.5, 0.6) is 0 Å². The molecule has 5 heteroatoms. The summed E-state index contributed by atoms with van der Waals surface area (Å²) >= 11 is 0. The van der Waals surface area contributed by atoms with Crippen molar-refractivity contribution in [1.82, 2.24) is 4.90 Å². The van der Waals surface area contributed by atoms with Crippen LogP contribution < -0.4 is 11.5 Å². The number of rotatable bonds is 5. The summed E-state index contributed by atoms with van der Waals surface area (Å²) in [6.45, 7) is 4.99. The molecule has 5 nitrogen and oxygen atoms in total. The largest absolute Gasteiger partial charge is 0.405 e. The first-order valence-corrected chi connectivity index (χ1v) is 6.55. The van der Waals surface area contributed by atoms with Gasteiger partial charge in [0.25, 0.3) is 0 Å². The lowest BCUT2D eigenvalue weighted by atomic mass is 10.00. The van der Waals surface area contributed by atoms with Crippen LogP contribution in [0.15, 0.2) is 36.6 Å². The van der Waals surface area contributed by atoms with Gasteiger partial charge in [0.1, 0.15) is 12.1 Å². The Kier molecular flexibility index (Phi) is 6.32. The Bertz CT molecular complexity index is 371. The fourth-order valence-electron chi connectivity index (χ4n) is 2.17. The Hall–Kier alpha value is -1.59. The average Bonchev–Trinajstić information content (AvgIpc) is 2.45. The quantitative estimate of drug-likeness (QED) is 0.622. The molecule has 0 aliphatic carbocycles. The van der Waals surface area contributed by atoms with E-state index in [2.05, 4.69) is 6.58 Å². The number of piperidine rings is 1. The van der Waals surface area contributed by atoms with Gasteiger partial charge in [-0.2, -0.15) is 0 Å². The summed E-state index contributed by atoms with van der Waals surface area (Å²) in [5, 5.41) is 10.1. The number of hydrogen-bond acceptors (Lipinski definition) is 4. The van der Waals surface area contributed by atoms with Gasteiger partial charge in [0.2, 0.25) is 5.91 Å². The number of carbonyl (C=O) groups is 1. The highest BCUT2D eigenvalue weighted by Crippen LogP contribution is 2.14. The van der Waals surface area contributed by atoms with Gasteiger partial charge >= 0.3 is 0 Å². The fourth-order valence-corrected chi connectivity index (χ4v) is 2.17. The van der Waals surface area contributed by atoms with E-state index >= 15 is 0 Å². The highest BCUT2D eigenvalue weighted by Gasteiger charge is 2.29. The number of hydrogen-bond donors (Lipinski definition) is 3. The number of amides is 1. The highest BCUT2D eigenvalue weighted by atomic mass is 16.3. The third-order valence-electron chi connectivity index (χ3n) is 3.23. The summed E-state index contributed by atoms with van der Waals surface area (Å²) in [4.78, 5) is 13.9. The van der Waals surface area contributed by atoms with E-state index in [-0.39, 0.29) is 5.91 Å². The van der Waals surface area contributed by atoms with Crippen molar-refractivity contribution in [2.75, 3.05) is 13.1 Å². The second-order valence-corrected chi connectivity index (χ2v) is 4.62. The molecule has 106 valence electrons. The maximum Gasteiger partial charge on any atom is 0.242 e. The van der Waals surface area contributed by atoms with Gasteiger partial charge in [-0.3, -0.25) is 4.79 Å². The zero-order valence-corrected chi connectivity index (χ0v) is 11.2. The van der Waals surface area contributed by atoms with Crippen LogP contribution in [0, 0.1) is 0 Å². The Morgan fingerprint density at radius 3 is 2.47 bits per heavy atom. The summed E-state index contributed by atoms with van der Waals surface area (Å²) < 4.78 is 0. The predicted molar refractivity (Wildman–Crippen MR) is 76.0 cm³/mol. The molecule has 0 saturated carbocycles. The van der Waals surface area contributed by atoms with Gasteiger partial charge < -0.3 is 21.5 Å². The van der Waals surface area contributed by atoms with E-state index in [1.165, 1.54) is 18.4 Å². The molecule has 0 unspecified atom stereocenters. The molecule has 0 aromatic heterocycles. The molecule has 1 saturated heterocycles. The fraction of sp³-hybridized carbons (Fsp3) is 0.500. The Morgan fingerprint density at radius 2 is 1.95 bits per heavy atom. The zero-order chi connectivity index (χ0) is 14.3. The summed E-state index contributed by atoms with van der Waals surface area (Å²) in [6.07, 6.45) is 7.99. The number of aliphatic hydroxyl groups excluding tert-OH is 1. The molecule has 2 atom stereocenters. The molecule has 1 amide bonds. The van der Waals surface area contributed by atoms with Crippen molar-refractivity contribution in [3.05, 3.63) is 36.6 Å². The molecular weight excluding hydrogens is 242 g/mol. The van der Waals surface area contributed by atoms with Gasteiger partial charge in [0.15, 0.2) is 0 Å². The van der Waals surface area contributed by atoms with Gasteiger partial charge in [0, 0.05) is 13.1 Å². The van der Waals surface area contributed by atoms with Crippen molar-refractivity contribution in [3.63, 3.8) is 0 Å². The second-order valence-electron chi connectivity index (χ2n) is 4.62. The Balaban J connectivity index is 2.73. The van der Waals surface area contributed by atoms with Crippen LogP contribution >= 0.6 is 0 Å². The molecule has 1 aliphatic heterocycles. The first-order chi connectivity index (χ1) is 9.11. The van der Waals surface area contributed by atoms with Crippen LogP contribution in [0.3, 0.4) is 0 Å². The number of nitrogens with zero attached hydrogens (tertiary/aromatic N) is 1. The second kappa shape index (κ2) is 7.76. The number of nitrogens with two attached hydrogens (primary N) is 2. The van der Waals surface area contributed by atoms with Crippen molar-refractivity contribution in [1.29, 1.82) is 0 Å². The summed E-state index contributed by atoms with van der Waals surface area (Å²) in [5.41, 5.74) is 11.7. The van der Waals surface area contributed by atoms with E-state index in [0.29, 0.717) is 18.7 Å². The number of carbonyl (C=O) groups excluding carboxylic acids is 1. The first kappa shape index (κ1) is 15.5. The molecule has 0 aromatic carbocycles. The predicted octanol–water partition coefficient (Wildman–Crippen LogP) is 0.272. The van der Waals surface area contributed by atoms with E-state index in [4.69, 9.17) is 11.5 Å². The maximum atomic E-state index is 12.2. The molecule has 0 aromatic rings. The maximum absolute atomic E-state index is 12.2. The zero-order valence-electron chi connectivity index (χ0n) is 11.2. The van der Waals surface area contributed by atoms with Crippen LogP contribution in [0.1, 0.15) is 19.3 Å². The van der Waals surface area contributed by atoms with Crippen molar-refractivity contribution in [2.45, 2.75) is 31.4 Å². The van der Waals surface area contributed by atoms with Crippen molar-refractivity contribution < 1.29 is 9.90 Å². The third-order valence-corrected chi connectivity index (χ3v) is 3.23. The van der Waals surface area contributed by atoms with E-state index in [9.17, 15) is 9.90 Å². The van der Waals surface area contributed by atoms with E-state index in [1.807, 2.05) is 0 Å². The molecule has 19 heavy (non-hydrogen) atoms. The van der Waals surface area contributed by atoms with Crippen LogP contribution in [-0.2, 0) is 4.79 Å². The molecular formula is C14H23N3O2. The topological polar surface area (TPSA) is 92.6 Å². The average molecular weight is 265 g/mol. The van der Waals surface area contributed by atoms with Crippen LogP contribution in [0.25, 0.3) is 0 Å². The van der Waals surface area contributed by atoms with Gasteiger partial charge in [0.05, 0.1) is 0 Å². The van der Waals surface area contributed by atoms with Gasteiger partial charge in [-0.1, -0.05) is 18.7 Å². The molecule has 0 spiro atoms. The van der Waals surface area contributed by atoms with Gasteiger partial charge in [-0.05, 0) is 37.1 Å². The van der Waals surface area contributed by atoms with Crippen molar-refractivity contribution >= 4 is 5.91 Å². The third kappa shape index (κ3) is 4.22. The summed E-state index contributed by atoms with van der Waals surface area (Å²) in [5.74, 6) is -0.215. The minimum atomic E-state index is -1.08. The Morgan fingerprint density at radius 1 is 1.32 bits per heavy atom. The molecule has 1 rings (SSSR count). The smallest absolute Gasteiger partial charge is 0.242 e. The number of likely N-dealkylation sites (tertiary alicyclic amines) is 1. The SMILES string of the molecule is C=C/C=C(\C=C/N)[C@H](O)[C@@H](N)C(=O)N1CCCCC1. The summed E-state index contributed by atoms with van der Waals surface area (Å²) in [7, 11) is 0. The van der Waals surface area contributed by atoms with E-state index < -0.39 is 12.1 Å². The molecule has 1 aliphatic rings. The lowest BCUT2D eigenvalue weighted by molar-refractivity contribution is -0.135. The number of allylic oxidation sites excluding steroid dienone is 2. The summed E-state index contributed by atoms with van der Waals surface area (Å²) in [6, 6.07) is -0.972. The molecule has 5 N–H and O–H groups in total. The van der Waals surface area contributed by atoms with Gasteiger partial charge in [-0.15, -0.1) is 0 Å². The molecule has 0 radical (unpaired) electrons. The van der Waals surface area contributed by atoms with Crippen molar-refractivity contribution in [2.24, 2.45) is 11.5 Å². The monoisotopic (exact) mass is 265 g/mol. The van der Waals surface area contributed by atoms with Crippen LogP contribution in [0.2, 0.25) is 0 Å². The molecule has 1 fully saturated rings. The van der Waals surface area contributed by atoms with Gasteiger partial charge in [-0.25, -0.2) is 0 Å². The standard InChI is InChI=1S/C14H23N3O2/c1-2-6-11(7-8-15)13(18)12(16)14(19)17-9-4-3-5-10-17/h2,6-8,12-13,18H,1,3-5,9-10,15-16H2/b8-7-,11-6+/t12-,13+/m1/s1. The van der Waals surface area contributed by atoms with Crippen molar-refractivity contribution in [3.8, 4) is 0 Å². The van der Waals surface area contributed by atoms with Crippen LogP contribution in [0.4, 0.5) is 0 Å². The Labute approximate surface area is 114 Å². The van der Waals surface area contributed by atoms with E-state index in [1.54, 1.807) is 11.0 Å². The lowest BCUT2D eigenvalue weighted by Gasteiger charge is -2.30. The normalized spacial score (nSPS) is 20.3. The number of aliphatic hydroxyl groups is 1. The minimum absolute atomic E-state index is 0.215.